The SMILES string of the molecule is O=C1COc2c(cccc2C(=O)N2CC[C@@H]3CNC[C@@H]3CC2)N1. The number of fused-ring (bicyclic) bond motifs is 2. The second-order valence-corrected chi connectivity index (χ2v) is 6.57. The summed E-state index contributed by atoms with van der Waals surface area (Å²) in [5, 5.41) is 6.21. The van der Waals surface area contributed by atoms with Crippen molar-refractivity contribution in [1.82, 2.24) is 10.2 Å². The highest BCUT2D eigenvalue weighted by Crippen LogP contribution is 2.33. The van der Waals surface area contributed by atoms with Gasteiger partial charge in [0.1, 0.15) is 0 Å². The second kappa shape index (κ2) is 5.85. The topological polar surface area (TPSA) is 70.7 Å². The summed E-state index contributed by atoms with van der Waals surface area (Å²) >= 11 is 0. The summed E-state index contributed by atoms with van der Waals surface area (Å²) in [6.07, 6.45) is 2.10. The molecule has 1 aromatic rings. The van der Waals surface area contributed by atoms with Gasteiger partial charge in [0.2, 0.25) is 0 Å². The number of para-hydroxylation sites is 1. The molecule has 3 heterocycles. The van der Waals surface area contributed by atoms with E-state index in [1.165, 1.54) is 0 Å². The van der Waals surface area contributed by atoms with Crippen LogP contribution in [0.5, 0.6) is 5.75 Å². The highest BCUT2D eigenvalue weighted by molar-refractivity contribution is 6.03. The van der Waals surface area contributed by atoms with E-state index >= 15 is 0 Å². The van der Waals surface area contributed by atoms with E-state index in [0.717, 1.165) is 39.0 Å². The summed E-state index contributed by atoms with van der Waals surface area (Å²) in [4.78, 5) is 26.3. The zero-order chi connectivity index (χ0) is 15.8. The Labute approximate surface area is 135 Å². The van der Waals surface area contributed by atoms with Crippen LogP contribution in [0.4, 0.5) is 5.69 Å². The van der Waals surface area contributed by atoms with E-state index in [0.29, 0.717) is 28.8 Å². The van der Waals surface area contributed by atoms with Gasteiger partial charge in [-0.3, -0.25) is 9.59 Å². The van der Waals surface area contributed by atoms with Crippen molar-refractivity contribution in [3.63, 3.8) is 0 Å². The second-order valence-electron chi connectivity index (χ2n) is 6.57. The van der Waals surface area contributed by atoms with Crippen molar-refractivity contribution < 1.29 is 14.3 Å². The van der Waals surface area contributed by atoms with Crippen LogP contribution in [0.25, 0.3) is 0 Å². The molecule has 2 fully saturated rings. The molecular formula is C17H21N3O3. The summed E-state index contributed by atoms with van der Waals surface area (Å²) in [6.45, 7) is 3.69. The quantitative estimate of drug-likeness (QED) is 0.814. The molecule has 0 aliphatic carbocycles. The predicted octanol–water partition coefficient (Wildman–Crippen LogP) is 1.09. The van der Waals surface area contributed by atoms with Crippen LogP contribution in [-0.4, -0.2) is 49.5 Å². The fourth-order valence-corrected chi connectivity index (χ4v) is 3.87. The minimum Gasteiger partial charge on any atom is -0.481 e. The molecule has 6 heteroatoms. The zero-order valence-electron chi connectivity index (χ0n) is 13.0. The van der Waals surface area contributed by atoms with Crippen LogP contribution in [0.15, 0.2) is 18.2 Å². The average molecular weight is 315 g/mol. The Hall–Kier alpha value is -2.08. The van der Waals surface area contributed by atoms with Crippen LogP contribution < -0.4 is 15.4 Å². The Morgan fingerprint density at radius 3 is 2.65 bits per heavy atom. The third kappa shape index (κ3) is 2.67. The molecule has 0 aromatic heterocycles. The van der Waals surface area contributed by atoms with Gasteiger partial charge in [0.15, 0.2) is 12.4 Å². The number of carbonyl (C=O) groups excluding carboxylic acids is 2. The number of nitrogens with zero attached hydrogens (tertiary/aromatic N) is 1. The lowest BCUT2D eigenvalue weighted by molar-refractivity contribution is -0.118. The van der Waals surface area contributed by atoms with Crippen molar-refractivity contribution in [2.24, 2.45) is 11.8 Å². The molecule has 0 spiro atoms. The third-order valence-electron chi connectivity index (χ3n) is 5.17. The number of amides is 2. The molecule has 2 amide bonds. The first-order chi connectivity index (χ1) is 11.2. The number of hydrogen-bond acceptors (Lipinski definition) is 4. The fraction of sp³-hybridized carbons (Fsp3) is 0.529. The molecule has 2 saturated heterocycles. The number of rotatable bonds is 1. The van der Waals surface area contributed by atoms with E-state index in [2.05, 4.69) is 10.6 Å². The van der Waals surface area contributed by atoms with Crippen molar-refractivity contribution in [3.8, 4) is 5.75 Å². The van der Waals surface area contributed by atoms with Gasteiger partial charge in [-0.2, -0.15) is 0 Å². The van der Waals surface area contributed by atoms with Gasteiger partial charge >= 0.3 is 0 Å². The third-order valence-corrected chi connectivity index (χ3v) is 5.17. The number of carbonyl (C=O) groups is 2. The van der Waals surface area contributed by atoms with E-state index in [-0.39, 0.29) is 18.4 Å². The number of ether oxygens (including phenoxy) is 1. The van der Waals surface area contributed by atoms with Gasteiger partial charge in [-0.15, -0.1) is 0 Å². The molecule has 0 bridgehead atoms. The largest absolute Gasteiger partial charge is 0.481 e. The molecule has 1 aromatic carbocycles. The first-order valence-electron chi connectivity index (χ1n) is 8.28. The van der Waals surface area contributed by atoms with Crippen molar-refractivity contribution in [2.45, 2.75) is 12.8 Å². The van der Waals surface area contributed by atoms with Crippen molar-refractivity contribution >= 4 is 17.5 Å². The van der Waals surface area contributed by atoms with Crippen molar-refractivity contribution in [2.75, 3.05) is 38.1 Å². The summed E-state index contributed by atoms with van der Waals surface area (Å²) < 4.78 is 5.52. The predicted molar refractivity (Wildman–Crippen MR) is 85.6 cm³/mol. The lowest BCUT2D eigenvalue weighted by Crippen LogP contribution is -2.34. The van der Waals surface area contributed by atoms with Gasteiger partial charge in [-0.05, 0) is 49.9 Å². The smallest absolute Gasteiger partial charge is 0.262 e. The number of nitrogens with one attached hydrogen (secondary N) is 2. The molecule has 0 unspecified atom stereocenters. The van der Waals surface area contributed by atoms with Crippen molar-refractivity contribution in [3.05, 3.63) is 23.8 Å². The van der Waals surface area contributed by atoms with E-state index in [4.69, 9.17) is 4.74 Å². The van der Waals surface area contributed by atoms with E-state index in [9.17, 15) is 9.59 Å². The minimum absolute atomic E-state index is 0.00549. The Kier molecular flexibility index (Phi) is 3.69. The summed E-state index contributed by atoms with van der Waals surface area (Å²) in [7, 11) is 0. The lowest BCUT2D eigenvalue weighted by atomic mass is 9.92. The van der Waals surface area contributed by atoms with Crippen LogP contribution in [0, 0.1) is 11.8 Å². The van der Waals surface area contributed by atoms with Gasteiger partial charge in [-0.25, -0.2) is 0 Å². The van der Waals surface area contributed by atoms with Gasteiger partial charge in [0.05, 0.1) is 11.3 Å². The molecule has 3 aliphatic rings. The number of likely N-dealkylation sites (tertiary alicyclic amines) is 1. The molecule has 122 valence electrons. The van der Waals surface area contributed by atoms with Crippen LogP contribution in [0.3, 0.4) is 0 Å². The highest BCUT2D eigenvalue weighted by atomic mass is 16.5. The van der Waals surface area contributed by atoms with E-state index in [1.54, 1.807) is 18.2 Å². The molecule has 23 heavy (non-hydrogen) atoms. The van der Waals surface area contributed by atoms with Gasteiger partial charge in [-0.1, -0.05) is 6.07 Å². The van der Waals surface area contributed by atoms with Crippen LogP contribution in [-0.2, 0) is 4.79 Å². The maximum Gasteiger partial charge on any atom is 0.262 e. The Morgan fingerprint density at radius 1 is 1.17 bits per heavy atom. The number of hydrogen-bond donors (Lipinski definition) is 2. The Balaban J connectivity index is 1.55. The van der Waals surface area contributed by atoms with Crippen molar-refractivity contribution in [1.29, 1.82) is 0 Å². The van der Waals surface area contributed by atoms with E-state index < -0.39 is 0 Å². The Morgan fingerprint density at radius 2 is 1.91 bits per heavy atom. The van der Waals surface area contributed by atoms with Gasteiger partial charge in [0.25, 0.3) is 11.8 Å². The van der Waals surface area contributed by atoms with Crippen LogP contribution in [0.1, 0.15) is 23.2 Å². The van der Waals surface area contributed by atoms with Gasteiger partial charge in [0, 0.05) is 13.1 Å². The molecule has 2 N–H and O–H groups in total. The first-order valence-corrected chi connectivity index (χ1v) is 8.28. The highest BCUT2D eigenvalue weighted by Gasteiger charge is 2.33. The van der Waals surface area contributed by atoms with Crippen LogP contribution >= 0.6 is 0 Å². The zero-order valence-corrected chi connectivity index (χ0v) is 13.0. The molecule has 4 rings (SSSR count). The summed E-state index contributed by atoms with van der Waals surface area (Å²) in [5.41, 5.74) is 1.13. The maximum atomic E-state index is 12.9. The van der Waals surface area contributed by atoms with Crippen LogP contribution in [0.2, 0.25) is 0 Å². The van der Waals surface area contributed by atoms with Gasteiger partial charge < -0.3 is 20.3 Å². The molecular weight excluding hydrogens is 294 g/mol. The van der Waals surface area contributed by atoms with E-state index in [1.807, 2.05) is 4.90 Å². The number of benzene rings is 1. The molecule has 0 radical (unpaired) electrons. The fourth-order valence-electron chi connectivity index (χ4n) is 3.87. The monoisotopic (exact) mass is 315 g/mol. The summed E-state index contributed by atoms with van der Waals surface area (Å²) in [6, 6.07) is 5.34. The standard InChI is InChI=1S/C17H21N3O3/c21-15-10-23-16-13(2-1-3-14(16)19-15)17(22)20-6-4-11-8-18-9-12(11)5-7-20/h1-3,11-12,18H,4-10H2,(H,19,21)/t11-,12+. The average Bonchev–Trinajstić information content (AvgIpc) is 2.92. The molecule has 0 saturated carbocycles. The molecule has 3 aliphatic heterocycles. The normalized spacial score (nSPS) is 26.6. The first kappa shape index (κ1) is 14.5. The maximum absolute atomic E-state index is 12.9. The molecule has 6 nitrogen and oxygen atoms in total. The number of anilines is 1. The lowest BCUT2D eigenvalue weighted by Gasteiger charge is -2.25. The molecule has 2 atom stereocenters. The minimum atomic E-state index is -0.183. The summed E-state index contributed by atoms with van der Waals surface area (Å²) in [5.74, 6) is 1.70. The Bertz CT molecular complexity index is 632.